The predicted molar refractivity (Wildman–Crippen MR) is 129 cm³/mol. The lowest BCUT2D eigenvalue weighted by Gasteiger charge is -2.08. The van der Waals surface area contributed by atoms with Crippen LogP contribution in [0.2, 0.25) is 5.02 Å². The average Bonchev–Trinajstić information content (AvgIpc) is 3.18. The van der Waals surface area contributed by atoms with Crippen LogP contribution in [0.1, 0.15) is 68.8 Å². The molecule has 0 spiro atoms. The molecule has 4 nitrogen and oxygen atoms in total. The van der Waals surface area contributed by atoms with Crippen molar-refractivity contribution in [3.63, 3.8) is 0 Å². The van der Waals surface area contributed by atoms with Crippen LogP contribution in [0.15, 0.2) is 36.4 Å². The fourth-order valence-electron chi connectivity index (χ4n) is 3.52. The molecular formula is C26H30ClN3O. The first kappa shape index (κ1) is 22.9. The van der Waals surface area contributed by atoms with Gasteiger partial charge in [0.1, 0.15) is 17.6 Å². The van der Waals surface area contributed by atoms with Gasteiger partial charge in [0.05, 0.1) is 28.2 Å². The molecule has 1 heterocycles. The molecule has 0 aliphatic heterocycles. The first-order chi connectivity index (χ1) is 15.1. The second-order valence-corrected chi connectivity index (χ2v) is 8.34. The molecule has 3 aromatic rings. The number of nitrogens with one attached hydrogen (secondary N) is 1. The van der Waals surface area contributed by atoms with Crippen molar-refractivity contribution in [3.8, 4) is 11.8 Å². The highest BCUT2D eigenvalue weighted by Crippen LogP contribution is 2.27. The van der Waals surface area contributed by atoms with Crippen LogP contribution in [0.3, 0.4) is 0 Å². The summed E-state index contributed by atoms with van der Waals surface area (Å²) in [4.78, 5) is 7.76. The minimum atomic E-state index is 0.437. The van der Waals surface area contributed by atoms with E-state index in [0.717, 1.165) is 34.3 Å². The first-order valence-electron chi connectivity index (χ1n) is 11.1. The third-order valence-electron chi connectivity index (χ3n) is 5.30. The van der Waals surface area contributed by atoms with E-state index in [2.05, 4.69) is 23.0 Å². The van der Waals surface area contributed by atoms with Crippen LogP contribution in [-0.2, 0) is 0 Å². The second-order valence-electron chi connectivity index (χ2n) is 7.93. The Morgan fingerprint density at radius 1 is 1.10 bits per heavy atom. The molecule has 0 amide bonds. The minimum Gasteiger partial charge on any atom is -0.494 e. The van der Waals surface area contributed by atoms with Gasteiger partial charge in [-0.2, -0.15) is 5.26 Å². The number of hydrogen-bond donors (Lipinski definition) is 1. The van der Waals surface area contributed by atoms with Crippen LogP contribution < -0.4 is 4.74 Å². The Morgan fingerprint density at radius 3 is 2.61 bits per heavy atom. The van der Waals surface area contributed by atoms with Crippen molar-refractivity contribution in [3.05, 3.63) is 58.4 Å². The maximum atomic E-state index is 9.65. The van der Waals surface area contributed by atoms with E-state index in [4.69, 9.17) is 16.3 Å². The van der Waals surface area contributed by atoms with E-state index in [1.165, 1.54) is 38.5 Å². The summed E-state index contributed by atoms with van der Waals surface area (Å²) in [7, 11) is 0. The summed E-state index contributed by atoms with van der Waals surface area (Å²) in [5.41, 5.74) is 4.09. The molecule has 0 unspecified atom stereocenters. The van der Waals surface area contributed by atoms with Gasteiger partial charge in [-0.1, -0.05) is 63.1 Å². The SMILES string of the molecule is CCCCCCCCCOc1ccc(/C=C(/C#N)c2nc3ccc(C)cc3[nH]2)c(Cl)c1. The maximum Gasteiger partial charge on any atom is 0.149 e. The Balaban J connectivity index is 1.60. The number of fused-ring (bicyclic) bond motifs is 1. The Morgan fingerprint density at radius 2 is 1.87 bits per heavy atom. The van der Waals surface area contributed by atoms with E-state index in [1.54, 1.807) is 6.08 Å². The van der Waals surface area contributed by atoms with Gasteiger partial charge in [-0.3, -0.25) is 0 Å². The van der Waals surface area contributed by atoms with Gasteiger partial charge in [-0.05, 0) is 60.9 Å². The summed E-state index contributed by atoms with van der Waals surface area (Å²) < 4.78 is 5.85. The Labute approximate surface area is 189 Å². The fourth-order valence-corrected chi connectivity index (χ4v) is 3.75. The molecule has 0 saturated carbocycles. The lowest BCUT2D eigenvalue weighted by atomic mass is 10.1. The van der Waals surface area contributed by atoms with Gasteiger partial charge < -0.3 is 9.72 Å². The van der Waals surface area contributed by atoms with Crippen molar-refractivity contribution in [1.29, 1.82) is 5.26 Å². The van der Waals surface area contributed by atoms with Crippen molar-refractivity contribution in [2.75, 3.05) is 6.61 Å². The molecule has 0 atom stereocenters. The summed E-state index contributed by atoms with van der Waals surface area (Å²) >= 11 is 6.46. The molecule has 2 aromatic carbocycles. The predicted octanol–water partition coefficient (Wildman–Crippen LogP) is 7.72. The van der Waals surface area contributed by atoms with Crippen molar-refractivity contribution in [1.82, 2.24) is 9.97 Å². The smallest absolute Gasteiger partial charge is 0.149 e. The maximum absolute atomic E-state index is 9.65. The number of aromatic amines is 1. The molecule has 0 aliphatic rings. The van der Waals surface area contributed by atoms with E-state index >= 15 is 0 Å². The number of nitrogens with zero attached hydrogens (tertiary/aromatic N) is 2. The second kappa shape index (κ2) is 11.6. The van der Waals surface area contributed by atoms with Gasteiger partial charge in [0.25, 0.3) is 0 Å². The topological polar surface area (TPSA) is 61.7 Å². The van der Waals surface area contributed by atoms with Gasteiger partial charge in [0, 0.05) is 0 Å². The van der Waals surface area contributed by atoms with Gasteiger partial charge >= 0.3 is 0 Å². The van der Waals surface area contributed by atoms with Gasteiger partial charge in [-0.15, -0.1) is 0 Å². The van der Waals surface area contributed by atoms with E-state index in [9.17, 15) is 5.26 Å². The summed E-state index contributed by atoms with van der Waals surface area (Å²) in [6, 6.07) is 13.8. The van der Waals surface area contributed by atoms with E-state index in [-0.39, 0.29) is 0 Å². The highest BCUT2D eigenvalue weighted by molar-refractivity contribution is 6.32. The van der Waals surface area contributed by atoms with Crippen molar-refractivity contribution in [2.45, 2.75) is 58.8 Å². The average molecular weight is 436 g/mol. The molecule has 0 aliphatic carbocycles. The van der Waals surface area contributed by atoms with E-state index in [1.807, 2.05) is 43.3 Å². The number of hydrogen-bond acceptors (Lipinski definition) is 3. The summed E-state index contributed by atoms with van der Waals surface area (Å²) in [6.45, 7) is 4.96. The zero-order valence-corrected chi connectivity index (χ0v) is 19.1. The zero-order valence-electron chi connectivity index (χ0n) is 18.4. The molecular weight excluding hydrogens is 406 g/mol. The highest BCUT2D eigenvalue weighted by Gasteiger charge is 2.10. The Hall–Kier alpha value is -2.77. The number of halogens is 1. The summed E-state index contributed by atoms with van der Waals surface area (Å²) in [5.74, 6) is 1.30. The standard InChI is InChI=1S/C26H30ClN3O/c1-3-4-5-6-7-8-9-14-31-22-12-11-20(23(27)17-22)16-21(18-28)26-29-24-13-10-19(2)15-25(24)30-26/h10-13,15-17H,3-9,14H2,1-2H3,(H,29,30)/b21-16-. The van der Waals surface area contributed by atoms with Crippen LogP contribution in [-0.4, -0.2) is 16.6 Å². The van der Waals surface area contributed by atoms with Crippen LogP contribution in [0.25, 0.3) is 22.7 Å². The van der Waals surface area contributed by atoms with Crippen LogP contribution >= 0.6 is 11.6 Å². The van der Waals surface area contributed by atoms with E-state index < -0.39 is 0 Å². The largest absolute Gasteiger partial charge is 0.494 e. The third kappa shape index (κ3) is 6.60. The minimum absolute atomic E-state index is 0.437. The zero-order chi connectivity index (χ0) is 22.1. The molecule has 162 valence electrons. The number of H-pyrrole nitrogens is 1. The molecule has 31 heavy (non-hydrogen) atoms. The molecule has 0 fully saturated rings. The number of benzene rings is 2. The number of imidazole rings is 1. The molecule has 3 rings (SSSR count). The first-order valence-corrected chi connectivity index (χ1v) is 11.5. The Bertz CT molecular complexity index is 1080. The summed E-state index contributed by atoms with van der Waals surface area (Å²) in [5, 5.41) is 10.2. The number of unbranched alkanes of at least 4 members (excludes halogenated alkanes) is 6. The van der Waals surface area contributed by atoms with Crippen LogP contribution in [0, 0.1) is 18.3 Å². The highest BCUT2D eigenvalue weighted by atomic mass is 35.5. The molecule has 1 N–H and O–H groups in total. The number of allylic oxidation sites excluding steroid dienone is 1. The van der Waals surface area contributed by atoms with Crippen molar-refractivity contribution < 1.29 is 4.74 Å². The number of ether oxygens (including phenoxy) is 1. The number of aryl methyl sites for hydroxylation is 1. The lowest BCUT2D eigenvalue weighted by molar-refractivity contribution is 0.304. The summed E-state index contributed by atoms with van der Waals surface area (Å²) in [6.07, 6.45) is 10.5. The number of rotatable bonds is 11. The van der Waals surface area contributed by atoms with Gasteiger partial charge in [0.15, 0.2) is 0 Å². The number of aromatic nitrogens is 2. The van der Waals surface area contributed by atoms with Gasteiger partial charge in [-0.25, -0.2) is 4.98 Å². The lowest BCUT2D eigenvalue weighted by Crippen LogP contribution is -1.97. The monoisotopic (exact) mass is 435 g/mol. The van der Waals surface area contributed by atoms with E-state index in [0.29, 0.717) is 23.0 Å². The van der Waals surface area contributed by atoms with Gasteiger partial charge in [0.2, 0.25) is 0 Å². The quantitative estimate of drug-likeness (QED) is 0.247. The molecule has 1 aromatic heterocycles. The number of nitriles is 1. The molecule has 0 saturated heterocycles. The van der Waals surface area contributed by atoms with Crippen molar-refractivity contribution in [2.24, 2.45) is 0 Å². The Kier molecular flexibility index (Phi) is 8.55. The van der Waals surface area contributed by atoms with Crippen LogP contribution in [0.5, 0.6) is 5.75 Å². The van der Waals surface area contributed by atoms with Crippen LogP contribution in [0.4, 0.5) is 0 Å². The molecule has 5 heteroatoms. The van der Waals surface area contributed by atoms with Crippen molar-refractivity contribution >= 4 is 34.3 Å². The third-order valence-corrected chi connectivity index (χ3v) is 5.63. The fraction of sp³-hybridized carbons (Fsp3) is 0.385. The molecule has 0 bridgehead atoms. The molecule has 0 radical (unpaired) electrons. The normalized spacial score (nSPS) is 11.6.